The van der Waals surface area contributed by atoms with Gasteiger partial charge in [0.1, 0.15) is 5.60 Å². The highest BCUT2D eigenvalue weighted by Crippen LogP contribution is 2.26. The molecular formula is C10H20N2O2. The van der Waals surface area contributed by atoms with Gasteiger partial charge in [-0.3, -0.25) is 0 Å². The lowest BCUT2D eigenvalue weighted by Gasteiger charge is -2.30. The van der Waals surface area contributed by atoms with Crippen molar-refractivity contribution in [2.75, 3.05) is 6.54 Å². The Bertz CT molecular complexity index is 207. The lowest BCUT2D eigenvalue weighted by molar-refractivity contribution is 0.0189. The van der Waals surface area contributed by atoms with Crippen molar-refractivity contribution < 1.29 is 9.53 Å². The van der Waals surface area contributed by atoms with Crippen LogP contribution in [0.4, 0.5) is 4.79 Å². The number of nitrogens with zero attached hydrogens (tertiary/aromatic N) is 1. The zero-order chi connectivity index (χ0) is 10.8. The highest BCUT2D eigenvalue weighted by molar-refractivity contribution is 5.67. The Labute approximate surface area is 85.4 Å². The maximum atomic E-state index is 11.4. The molecule has 0 bridgehead atoms. The van der Waals surface area contributed by atoms with Crippen molar-refractivity contribution in [3.8, 4) is 0 Å². The number of ether oxygens (including phenoxy) is 1. The van der Waals surface area contributed by atoms with Gasteiger partial charge in [-0.25, -0.2) is 15.6 Å². The molecule has 4 heteroatoms. The van der Waals surface area contributed by atoms with Crippen molar-refractivity contribution in [3.05, 3.63) is 0 Å². The predicted molar refractivity (Wildman–Crippen MR) is 54.5 cm³/mol. The number of hydrogen-bond donors (Lipinski definition) is 1. The lowest BCUT2D eigenvalue weighted by Crippen LogP contribution is -2.45. The van der Waals surface area contributed by atoms with Crippen molar-refractivity contribution in [1.82, 2.24) is 5.01 Å². The maximum absolute atomic E-state index is 11.4. The Morgan fingerprint density at radius 3 is 2.43 bits per heavy atom. The second kappa shape index (κ2) is 4.17. The highest BCUT2D eigenvalue weighted by atomic mass is 16.6. The molecule has 1 amide bonds. The van der Waals surface area contributed by atoms with Gasteiger partial charge in [-0.2, -0.15) is 0 Å². The van der Waals surface area contributed by atoms with E-state index in [0.717, 1.165) is 0 Å². The first kappa shape index (κ1) is 11.3. The third-order valence-corrected chi connectivity index (χ3v) is 2.31. The smallest absolute Gasteiger partial charge is 0.424 e. The summed E-state index contributed by atoms with van der Waals surface area (Å²) >= 11 is 0. The van der Waals surface area contributed by atoms with Crippen molar-refractivity contribution in [3.63, 3.8) is 0 Å². The fourth-order valence-electron chi connectivity index (χ4n) is 1.35. The number of rotatable bonds is 2. The second-order valence-corrected chi connectivity index (χ2v) is 4.93. The van der Waals surface area contributed by atoms with Gasteiger partial charge in [0.15, 0.2) is 0 Å². The van der Waals surface area contributed by atoms with Gasteiger partial charge >= 0.3 is 6.09 Å². The highest BCUT2D eigenvalue weighted by Gasteiger charge is 2.25. The van der Waals surface area contributed by atoms with Gasteiger partial charge in [-0.1, -0.05) is 6.42 Å². The summed E-state index contributed by atoms with van der Waals surface area (Å²) < 4.78 is 5.13. The first-order valence-electron chi connectivity index (χ1n) is 5.14. The molecule has 0 heterocycles. The van der Waals surface area contributed by atoms with Crippen LogP contribution in [0.1, 0.15) is 40.0 Å². The van der Waals surface area contributed by atoms with Gasteiger partial charge in [0, 0.05) is 6.54 Å². The Hall–Kier alpha value is -0.770. The van der Waals surface area contributed by atoms with Crippen LogP contribution in [0.15, 0.2) is 0 Å². The molecular weight excluding hydrogens is 180 g/mol. The molecule has 1 aliphatic rings. The first-order valence-corrected chi connectivity index (χ1v) is 5.14. The summed E-state index contributed by atoms with van der Waals surface area (Å²) in [6.07, 6.45) is 3.18. The molecule has 0 radical (unpaired) electrons. The molecule has 82 valence electrons. The van der Waals surface area contributed by atoms with E-state index < -0.39 is 11.7 Å². The summed E-state index contributed by atoms with van der Waals surface area (Å²) in [7, 11) is 0. The predicted octanol–water partition coefficient (Wildman–Crippen LogP) is 1.90. The number of carbonyl (C=O) groups excluding carboxylic acids is 1. The van der Waals surface area contributed by atoms with E-state index >= 15 is 0 Å². The average molecular weight is 200 g/mol. The van der Waals surface area contributed by atoms with E-state index in [-0.39, 0.29) is 0 Å². The van der Waals surface area contributed by atoms with Crippen LogP contribution in [0.25, 0.3) is 0 Å². The molecule has 1 rings (SSSR count). The van der Waals surface area contributed by atoms with Crippen molar-refractivity contribution >= 4 is 6.09 Å². The third-order valence-electron chi connectivity index (χ3n) is 2.31. The zero-order valence-electron chi connectivity index (χ0n) is 9.25. The van der Waals surface area contributed by atoms with E-state index in [1.165, 1.54) is 24.3 Å². The molecule has 1 aliphatic carbocycles. The molecule has 0 aromatic heterocycles. The standard InChI is InChI=1S/C10H20N2O2/c1-10(2,3)14-9(13)12(11)7-8-5-4-6-8/h8H,4-7,11H2,1-3H3. The van der Waals surface area contributed by atoms with Crippen LogP contribution in [0.2, 0.25) is 0 Å². The van der Waals surface area contributed by atoms with Gasteiger partial charge in [-0.15, -0.1) is 0 Å². The van der Waals surface area contributed by atoms with Crippen LogP contribution >= 0.6 is 0 Å². The summed E-state index contributed by atoms with van der Waals surface area (Å²) in [5, 5.41) is 1.19. The minimum atomic E-state index is -0.464. The van der Waals surface area contributed by atoms with Crippen LogP contribution < -0.4 is 5.84 Å². The van der Waals surface area contributed by atoms with Crippen molar-refractivity contribution in [2.24, 2.45) is 11.8 Å². The minimum absolute atomic E-state index is 0.426. The Morgan fingerprint density at radius 2 is 2.07 bits per heavy atom. The van der Waals surface area contributed by atoms with Gasteiger partial charge < -0.3 is 4.74 Å². The summed E-state index contributed by atoms with van der Waals surface area (Å²) in [6, 6.07) is 0. The van der Waals surface area contributed by atoms with Crippen LogP contribution in [-0.4, -0.2) is 23.2 Å². The number of amides is 1. The monoisotopic (exact) mass is 200 g/mol. The summed E-state index contributed by atoms with van der Waals surface area (Å²) in [5.74, 6) is 6.17. The van der Waals surface area contributed by atoms with E-state index in [1.54, 1.807) is 0 Å². The van der Waals surface area contributed by atoms with E-state index in [4.69, 9.17) is 10.6 Å². The molecule has 0 unspecified atom stereocenters. The van der Waals surface area contributed by atoms with E-state index in [9.17, 15) is 4.79 Å². The van der Waals surface area contributed by atoms with E-state index in [0.29, 0.717) is 12.5 Å². The fourth-order valence-corrected chi connectivity index (χ4v) is 1.35. The lowest BCUT2D eigenvalue weighted by atomic mass is 9.85. The van der Waals surface area contributed by atoms with Crippen LogP contribution in [0.3, 0.4) is 0 Å². The van der Waals surface area contributed by atoms with E-state index in [1.807, 2.05) is 20.8 Å². The molecule has 0 saturated heterocycles. The first-order chi connectivity index (χ1) is 6.38. The fraction of sp³-hybridized carbons (Fsp3) is 0.900. The molecule has 1 fully saturated rings. The molecule has 1 saturated carbocycles. The number of nitrogens with two attached hydrogens (primary N) is 1. The molecule has 4 nitrogen and oxygen atoms in total. The number of hydrogen-bond acceptors (Lipinski definition) is 3. The normalized spacial score (nSPS) is 17.4. The molecule has 0 atom stereocenters. The Balaban J connectivity index is 2.28. The van der Waals surface area contributed by atoms with Gasteiger partial charge in [0.25, 0.3) is 0 Å². The number of hydrazine groups is 1. The van der Waals surface area contributed by atoms with Crippen molar-refractivity contribution in [2.45, 2.75) is 45.6 Å². The molecule has 0 aliphatic heterocycles. The second-order valence-electron chi connectivity index (χ2n) is 4.93. The summed E-state index contributed by atoms with van der Waals surface area (Å²) in [4.78, 5) is 11.4. The molecule has 0 spiro atoms. The minimum Gasteiger partial charge on any atom is -0.443 e. The van der Waals surface area contributed by atoms with Crippen molar-refractivity contribution in [1.29, 1.82) is 0 Å². The Kier molecular flexibility index (Phi) is 3.37. The molecule has 0 aromatic carbocycles. The Morgan fingerprint density at radius 1 is 1.50 bits per heavy atom. The van der Waals surface area contributed by atoms with Gasteiger partial charge in [-0.05, 0) is 39.5 Å². The third kappa shape index (κ3) is 3.54. The molecule has 0 aromatic rings. The van der Waals surface area contributed by atoms with Crippen LogP contribution in [0, 0.1) is 5.92 Å². The van der Waals surface area contributed by atoms with Crippen LogP contribution in [0.5, 0.6) is 0 Å². The molecule has 14 heavy (non-hydrogen) atoms. The summed E-state index contributed by atoms with van der Waals surface area (Å²) in [5.41, 5.74) is -0.464. The topological polar surface area (TPSA) is 55.6 Å². The largest absolute Gasteiger partial charge is 0.443 e. The zero-order valence-corrected chi connectivity index (χ0v) is 9.25. The maximum Gasteiger partial charge on any atom is 0.424 e. The average Bonchev–Trinajstić information content (AvgIpc) is 1.92. The van der Waals surface area contributed by atoms with E-state index in [2.05, 4.69) is 0 Å². The van der Waals surface area contributed by atoms with Gasteiger partial charge in [0.05, 0.1) is 0 Å². The molecule has 2 N–H and O–H groups in total. The quantitative estimate of drug-likeness (QED) is 0.421. The summed E-state index contributed by atoms with van der Waals surface area (Å²) in [6.45, 7) is 6.13. The SMILES string of the molecule is CC(C)(C)OC(=O)N(N)CC1CCC1. The van der Waals surface area contributed by atoms with Crippen LogP contribution in [-0.2, 0) is 4.74 Å². The van der Waals surface area contributed by atoms with Gasteiger partial charge in [0.2, 0.25) is 0 Å². The number of carbonyl (C=O) groups is 1.